The van der Waals surface area contributed by atoms with Crippen molar-refractivity contribution in [3.63, 3.8) is 0 Å². The Morgan fingerprint density at radius 2 is 1.72 bits per heavy atom. The number of carbonyl (C=O) groups excluding carboxylic acids is 2. The summed E-state index contributed by atoms with van der Waals surface area (Å²) in [4.78, 5) is 25.4. The Kier molecular flexibility index (Phi) is 5.61. The summed E-state index contributed by atoms with van der Waals surface area (Å²) in [7, 11) is 0. The Morgan fingerprint density at radius 1 is 1.08 bits per heavy atom. The van der Waals surface area contributed by atoms with Crippen LogP contribution >= 0.6 is 23.2 Å². The van der Waals surface area contributed by atoms with Gasteiger partial charge in [-0.3, -0.25) is 9.59 Å². The average molecular weight is 378 g/mol. The van der Waals surface area contributed by atoms with Gasteiger partial charge in [-0.2, -0.15) is 0 Å². The van der Waals surface area contributed by atoms with Crippen LogP contribution in [0, 0.1) is 0 Å². The third-order valence-corrected chi connectivity index (χ3v) is 4.61. The molecule has 0 bridgehead atoms. The molecule has 6 heteroatoms. The van der Waals surface area contributed by atoms with Crippen LogP contribution in [0.2, 0.25) is 10.0 Å². The number of amides is 1. The van der Waals surface area contributed by atoms with E-state index in [0.717, 1.165) is 6.29 Å². The molecule has 1 heterocycles. The smallest absolute Gasteiger partial charge is 0.253 e. The molecule has 0 radical (unpaired) electrons. The van der Waals surface area contributed by atoms with Crippen molar-refractivity contribution in [2.24, 2.45) is 0 Å². The van der Waals surface area contributed by atoms with E-state index in [9.17, 15) is 9.59 Å². The van der Waals surface area contributed by atoms with Crippen molar-refractivity contribution in [1.29, 1.82) is 0 Å². The lowest BCUT2D eigenvalue weighted by Crippen LogP contribution is -2.41. The highest BCUT2D eigenvalue weighted by Crippen LogP contribution is 2.24. The number of benzene rings is 2. The van der Waals surface area contributed by atoms with Crippen LogP contribution in [0.1, 0.15) is 33.6 Å². The quantitative estimate of drug-likeness (QED) is 0.737. The second kappa shape index (κ2) is 7.89. The number of piperidine rings is 1. The summed E-state index contributed by atoms with van der Waals surface area (Å²) in [6, 6.07) is 12.0. The molecule has 1 aliphatic rings. The van der Waals surface area contributed by atoms with Gasteiger partial charge >= 0.3 is 0 Å². The molecule has 1 saturated heterocycles. The molecule has 1 aliphatic heterocycles. The number of likely N-dealkylation sites (tertiary alicyclic amines) is 1. The molecule has 0 atom stereocenters. The number of hydrogen-bond donors (Lipinski definition) is 0. The van der Waals surface area contributed by atoms with E-state index < -0.39 is 0 Å². The van der Waals surface area contributed by atoms with Crippen LogP contribution < -0.4 is 4.74 Å². The van der Waals surface area contributed by atoms with E-state index in [1.54, 1.807) is 41.3 Å². The van der Waals surface area contributed by atoms with Gasteiger partial charge in [-0.05, 0) is 30.3 Å². The molecule has 0 spiro atoms. The monoisotopic (exact) mass is 377 g/mol. The molecule has 1 fully saturated rings. The molecule has 130 valence electrons. The number of nitrogens with zero attached hydrogens (tertiary/aromatic N) is 1. The summed E-state index contributed by atoms with van der Waals surface area (Å²) in [5.41, 5.74) is 1.03. The highest BCUT2D eigenvalue weighted by Gasteiger charge is 2.25. The van der Waals surface area contributed by atoms with E-state index >= 15 is 0 Å². The summed E-state index contributed by atoms with van der Waals surface area (Å²) >= 11 is 11.9. The van der Waals surface area contributed by atoms with Crippen molar-refractivity contribution in [2.75, 3.05) is 13.1 Å². The molecule has 3 rings (SSSR count). The molecule has 0 N–H and O–H groups in total. The summed E-state index contributed by atoms with van der Waals surface area (Å²) < 4.78 is 5.94. The maximum Gasteiger partial charge on any atom is 0.253 e. The second-order valence-electron chi connectivity index (χ2n) is 5.92. The molecule has 2 aromatic rings. The zero-order valence-corrected chi connectivity index (χ0v) is 15.0. The first-order valence-electron chi connectivity index (χ1n) is 8.03. The normalized spacial score (nSPS) is 15.0. The van der Waals surface area contributed by atoms with Crippen LogP contribution in [0.25, 0.3) is 0 Å². The van der Waals surface area contributed by atoms with Gasteiger partial charge in [-0.25, -0.2) is 0 Å². The molecular formula is C19H17Cl2NO3. The first-order valence-corrected chi connectivity index (χ1v) is 8.78. The van der Waals surface area contributed by atoms with E-state index in [2.05, 4.69) is 0 Å². The van der Waals surface area contributed by atoms with Gasteiger partial charge in [0, 0.05) is 41.5 Å². The van der Waals surface area contributed by atoms with Gasteiger partial charge < -0.3 is 9.64 Å². The predicted octanol–water partition coefficient (Wildman–Crippen LogP) is 4.49. The number of para-hydroxylation sites is 1. The van der Waals surface area contributed by atoms with E-state index in [4.69, 9.17) is 27.9 Å². The lowest BCUT2D eigenvalue weighted by atomic mass is 10.1. The molecule has 0 unspecified atom stereocenters. The van der Waals surface area contributed by atoms with Crippen molar-refractivity contribution < 1.29 is 14.3 Å². The highest BCUT2D eigenvalue weighted by molar-refractivity contribution is 6.35. The fraction of sp³-hybridized carbons (Fsp3) is 0.263. The molecule has 25 heavy (non-hydrogen) atoms. The summed E-state index contributed by atoms with van der Waals surface area (Å²) in [5.74, 6) is 0.500. The van der Waals surface area contributed by atoms with Gasteiger partial charge in [0.25, 0.3) is 5.91 Å². The van der Waals surface area contributed by atoms with Gasteiger partial charge in [0.2, 0.25) is 0 Å². The Hall–Kier alpha value is -2.04. The second-order valence-corrected chi connectivity index (χ2v) is 6.80. The van der Waals surface area contributed by atoms with Crippen LogP contribution in [0.3, 0.4) is 0 Å². The van der Waals surface area contributed by atoms with Crippen molar-refractivity contribution in [3.05, 3.63) is 63.6 Å². The first kappa shape index (κ1) is 17.8. The lowest BCUT2D eigenvalue weighted by molar-refractivity contribution is 0.0594. The number of ether oxygens (including phenoxy) is 1. The maximum atomic E-state index is 12.6. The van der Waals surface area contributed by atoms with Crippen LogP contribution in [0.4, 0.5) is 0 Å². The van der Waals surface area contributed by atoms with Gasteiger partial charge in [0.15, 0.2) is 6.29 Å². The minimum absolute atomic E-state index is 0.0203. The minimum Gasteiger partial charge on any atom is -0.490 e. The maximum absolute atomic E-state index is 12.6. The van der Waals surface area contributed by atoms with E-state index in [0.29, 0.717) is 52.9 Å². The van der Waals surface area contributed by atoms with Gasteiger partial charge in [0.1, 0.15) is 11.9 Å². The molecule has 0 aromatic heterocycles. The van der Waals surface area contributed by atoms with Crippen LogP contribution in [0.5, 0.6) is 5.75 Å². The molecule has 0 aliphatic carbocycles. The standard InChI is InChI=1S/C19H17Cl2NO3/c20-15-9-14(10-16(21)11-15)19(24)22-7-5-17(6-8-22)25-18-4-2-1-3-13(18)12-23/h1-4,9-12,17H,5-8H2. The Bertz CT molecular complexity index is 766. The number of halogens is 2. The van der Waals surface area contributed by atoms with Crippen molar-refractivity contribution in [2.45, 2.75) is 18.9 Å². The molecule has 2 aromatic carbocycles. The molecule has 1 amide bonds. The third-order valence-electron chi connectivity index (χ3n) is 4.18. The Morgan fingerprint density at radius 3 is 2.36 bits per heavy atom. The predicted molar refractivity (Wildman–Crippen MR) is 97.8 cm³/mol. The van der Waals surface area contributed by atoms with Crippen molar-refractivity contribution in [3.8, 4) is 5.75 Å². The third kappa shape index (κ3) is 4.33. The SMILES string of the molecule is O=Cc1ccccc1OC1CCN(C(=O)c2cc(Cl)cc(Cl)c2)CC1. The van der Waals surface area contributed by atoms with Crippen LogP contribution in [-0.4, -0.2) is 36.3 Å². The molecular weight excluding hydrogens is 361 g/mol. The number of hydrogen-bond acceptors (Lipinski definition) is 3. The van der Waals surface area contributed by atoms with Gasteiger partial charge in [-0.15, -0.1) is 0 Å². The van der Waals surface area contributed by atoms with Gasteiger partial charge in [-0.1, -0.05) is 35.3 Å². The number of rotatable bonds is 4. The zero-order valence-electron chi connectivity index (χ0n) is 13.5. The highest BCUT2D eigenvalue weighted by atomic mass is 35.5. The summed E-state index contributed by atoms with van der Waals surface area (Å²) in [5, 5.41) is 0.888. The topological polar surface area (TPSA) is 46.6 Å². The first-order chi connectivity index (χ1) is 12.1. The fourth-order valence-electron chi connectivity index (χ4n) is 2.90. The molecule has 0 saturated carbocycles. The van der Waals surface area contributed by atoms with Gasteiger partial charge in [0.05, 0.1) is 5.56 Å². The van der Waals surface area contributed by atoms with Crippen molar-refractivity contribution in [1.82, 2.24) is 4.90 Å². The van der Waals surface area contributed by atoms with Crippen molar-refractivity contribution >= 4 is 35.4 Å². The van der Waals surface area contributed by atoms with Crippen LogP contribution in [-0.2, 0) is 0 Å². The fourth-order valence-corrected chi connectivity index (χ4v) is 3.43. The summed E-state index contributed by atoms with van der Waals surface area (Å²) in [6.45, 7) is 1.16. The van der Waals surface area contributed by atoms with E-state index in [1.165, 1.54) is 0 Å². The minimum atomic E-state index is -0.0869. The Balaban J connectivity index is 1.61. The zero-order chi connectivity index (χ0) is 17.8. The average Bonchev–Trinajstić information content (AvgIpc) is 2.61. The summed E-state index contributed by atoms with van der Waals surface area (Å²) in [6.07, 6.45) is 2.17. The largest absolute Gasteiger partial charge is 0.490 e. The number of carbonyl (C=O) groups is 2. The lowest BCUT2D eigenvalue weighted by Gasteiger charge is -2.32. The van der Waals surface area contributed by atoms with E-state index in [1.807, 2.05) is 6.07 Å². The van der Waals surface area contributed by atoms with E-state index in [-0.39, 0.29) is 12.0 Å². The number of aldehydes is 1. The Labute approximate surface area is 156 Å². The molecule has 4 nitrogen and oxygen atoms in total. The van der Waals surface area contributed by atoms with Crippen LogP contribution in [0.15, 0.2) is 42.5 Å².